The third-order valence-corrected chi connectivity index (χ3v) is 3.51. The second-order valence-corrected chi connectivity index (χ2v) is 5.34. The highest BCUT2D eigenvalue weighted by Crippen LogP contribution is 2.18. The van der Waals surface area contributed by atoms with Gasteiger partial charge in [0.15, 0.2) is 0 Å². The van der Waals surface area contributed by atoms with Crippen molar-refractivity contribution in [3.05, 3.63) is 22.1 Å². The first kappa shape index (κ1) is 15.8. The minimum absolute atomic E-state index is 0.0812. The predicted molar refractivity (Wildman–Crippen MR) is 80.5 cm³/mol. The molecule has 0 bridgehead atoms. The first-order valence-corrected chi connectivity index (χ1v) is 7.15. The summed E-state index contributed by atoms with van der Waals surface area (Å²) in [6, 6.07) is -0.170. The fourth-order valence-corrected chi connectivity index (χ4v) is 2.61. The Morgan fingerprint density at radius 3 is 2.50 bits per heavy atom. The summed E-state index contributed by atoms with van der Waals surface area (Å²) in [4.78, 5) is 40.8. The highest BCUT2D eigenvalue weighted by atomic mass is 16.2. The zero-order valence-corrected chi connectivity index (χ0v) is 12.3. The molecule has 1 aliphatic rings. The summed E-state index contributed by atoms with van der Waals surface area (Å²) in [5, 5.41) is 7.91. The number of primary amides is 1. The van der Waals surface area contributed by atoms with E-state index in [0.29, 0.717) is 5.69 Å². The van der Waals surface area contributed by atoms with Crippen molar-refractivity contribution < 1.29 is 9.59 Å². The molecule has 0 aromatic carbocycles. The van der Waals surface area contributed by atoms with Crippen molar-refractivity contribution in [2.75, 3.05) is 5.32 Å². The number of amides is 4. The lowest BCUT2D eigenvalue weighted by atomic mass is 9.90. The maximum atomic E-state index is 12.0. The van der Waals surface area contributed by atoms with Gasteiger partial charge in [0.25, 0.3) is 5.56 Å². The largest absolute Gasteiger partial charge is 0.352 e. The molecule has 1 aromatic heterocycles. The molecule has 1 fully saturated rings. The van der Waals surface area contributed by atoms with Crippen LogP contribution in [0.5, 0.6) is 0 Å². The number of aromatic amines is 1. The van der Waals surface area contributed by atoms with E-state index in [4.69, 9.17) is 5.73 Å². The van der Waals surface area contributed by atoms with E-state index in [1.54, 1.807) is 6.92 Å². The number of nitrogens with zero attached hydrogens (tertiary/aromatic N) is 1. The topological polar surface area (TPSA) is 142 Å². The molecule has 0 aliphatic heterocycles. The van der Waals surface area contributed by atoms with Gasteiger partial charge >= 0.3 is 12.1 Å². The SMILES string of the molecule is Cc1cc(=O)[nH]c(NC(=O)NC2CCCCC2NC(N)=O)n1. The molecule has 6 N–H and O–H groups in total. The number of aryl methyl sites for hydroxylation is 1. The van der Waals surface area contributed by atoms with Crippen LogP contribution in [0.25, 0.3) is 0 Å². The lowest BCUT2D eigenvalue weighted by Crippen LogP contribution is -2.55. The van der Waals surface area contributed by atoms with Crippen LogP contribution >= 0.6 is 0 Å². The number of carbonyl (C=O) groups excluding carboxylic acids is 2. The minimum atomic E-state index is -0.608. The van der Waals surface area contributed by atoms with E-state index in [2.05, 4.69) is 25.9 Å². The first-order valence-electron chi connectivity index (χ1n) is 7.15. The van der Waals surface area contributed by atoms with Gasteiger partial charge in [-0.2, -0.15) is 0 Å². The monoisotopic (exact) mass is 308 g/mol. The highest BCUT2D eigenvalue weighted by Gasteiger charge is 2.27. The molecule has 1 aromatic rings. The first-order chi connectivity index (χ1) is 10.4. The predicted octanol–water partition coefficient (Wildman–Crippen LogP) is 0.179. The van der Waals surface area contributed by atoms with Crippen molar-refractivity contribution in [1.82, 2.24) is 20.6 Å². The molecule has 2 atom stereocenters. The van der Waals surface area contributed by atoms with Crippen molar-refractivity contribution in [1.29, 1.82) is 0 Å². The van der Waals surface area contributed by atoms with Crippen LogP contribution in [0.3, 0.4) is 0 Å². The van der Waals surface area contributed by atoms with Gasteiger partial charge in [0, 0.05) is 11.8 Å². The summed E-state index contributed by atoms with van der Waals surface area (Å²) in [6.45, 7) is 1.66. The van der Waals surface area contributed by atoms with Gasteiger partial charge in [-0.05, 0) is 19.8 Å². The van der Waals surface area contributed by atoms with Crippen LogP contribution in [0, 0.1) is 6.92 Å². The van der Waals surface area contributed by atoms with E-state index in [1.165, 1.54) is 6.07 Å². The standard InChI is InChI=1S/C13H20N6O3/c1-7-6-10(20)18-12(15-7)19-13(22)17-9-5-3-2-4-8(9)16-11(14)21/h6,8-9H,2-5H2,1H3,(H3,14,16,21)(H3,15,17,18,19,20,22). The molecular weight excluding hydrogens is 288 g/mol. The van der Waals surface area contributed by atoms with Crippen molar-refractivity contribution in [2.24, 2.45) is 5.73 Å². The fourth-order valence-electron chi connectivity index (χ4n) is 2.61. The summed E-state index contributed by atoms with van der Waals surface area (Å²) in [7, 11) is 0. The summed E-state index contributed by atoms with van der Waals surface area (Å²) >= 11 is 0. The Bertz CT molecular complexity index is 614. The van der Waals surface area contributed by atoms with Crippen molar-refractivity contribution in [2.45, 2.75) is 44.7 Å². The summed E-state index contributed by atoms with van der Waals surface area (Å²) in [5.41, 5.74) is 5.31. The Hall–Kier alpha value is -2.58. The quantitative estimate of drug-likeness (QED) is 0.543. The molecule has 0 saturated heterocycles. The average molecular weight is 308 g/mol. The number of aromatic nitrogens is 2. The number of hydrogen-bond acceptors (Lipinski definition) is 4. The number of carbonyl (C=O) groups is 2. The van der Waals surface area contributed by atoms with Gasteiger partial charge < -0.3 is 16.4 Å². The summed E-state index contributed by atoms with van der Waals surface area (Å²) in [5.74, 6) is 0.0812. The molecule has 1 heterocycles. The molecule has 4 amide bonds. The lowest BCUT2D eigenvalue weighted by Gasteiger charge is -2.32. The van der Waals surface area contributed by atoms with Gasteiger partial charge in [0.1, 0.15) is 0 Å². The Morgan fingerprint density at radius 2 is 1.91 bits per heavy atom. The molecule has 0 spiro atoms. The highest BCUT2D eigenvalue weighted by molar-refractivity contribution is 5.87. The van der Waals surface area contributed by atoms with Crippen LogP contribution in [0.4, 0.5) is 15.5 Å². The van der Waals surface area contributed by atoms with Crippen LogP contribution in [0.2, 0.25) is 0 Å². The minimum Gasteiger partial charge on any atom is -0.352 e. The smallest absolute Gasteiger partial charge is 0.321 e. The third kappa shape index (κ3) is 4.47. The number of rotatable bonds is 3. The average Bonchev–Trinajstić information content (AvgIpc) is 2.39. The van der Waals surface area contributed by atoms with Crippen LogP contribution in [0.15, 0.2) is 10.9 Å². The third-order valence-electron chi connectivity index (χ3n) is 3.51. The van der Waals surface area contributed by atoms with Gasteiger partial charge in [0.05, 0.1) is 12.1 Å². The summed E-state index contributed by atoms with van der Waals surface area (Å²) in [6.07, 6.45) is 3.43. The van der Waals surface area contributed by atoms with Crippen LogP contribution in [0.1, 0.15) is 31.4 Å². The fraction of sp³-hybridized carbons (Fsp3) is 0.538. The van der Waals surface area contributed by atoms with Crippen LogP contribution < -0.4 is 27.2 Å². The second kappa shape index (κ2) is 6.92. The number of nitrogens with one attached hydrogen (secondary N) is 4. The van der Waals surface area contributed by atoms with Gasteiger partial charge in [-0.1, -0.05) is 12.8 Å². The Kier molecular flexibility index (Phi) is 4.97. The van der Waals surface area contributed by atoms with Gasteiger partial charge in [-0.3, -0.25) is 15.1 Å². The number of H-pyrrole nitrogens is 1. The van der Waals surface area contributed by atoms with E-state index in [1.807, 2.05) is 0 Å². The lowest BCUT2D eigenvalue weighted by molar-refractivity contribution is 0.223. The maximum absolute atomic E-state index is 12.0. The van der Waals surface area contributed by atoms with E-state index < -0.39 is 12.1 Å². The van der Waals surface area contributed by atoms with E-state index in [0.717, 1.165) is 25.7 Å². The van der Waals surface area contributed by atoms with Crippen molar-refractivity contribution in [3.63, 3.8) is 0 Å². The molecule has 2 rings (SSSR count). The molecule has 1 saturated carbocycles. The number of nitrogens with two attached hydrogens (primary N) is 1. The van der Waals surface area contributed by atoms with Crippen molar-refractivity contribution >= 4 is 18.0 Å². The zero-order chi connectivity index (χ0) is 16.1. The Labute approximate surface area is 127 Å². The molecule has 9 nitrogen and oxygen atoms in total. The molecule has 1 aliphatic carbocycles. The van der Waals surface area contributed by atoms with E-state index in [9.17, 15) is 14.4 Å². The van der Waals surface area contributed by atoms with Crippen LogP contribution in [-0.2, 0) is 0 Å². The van der Waals surface area contributed by atoms with Gasteiger partial charge in [0.2, 0.25) is 5.95 Å². The van der Waals surface area contributed by atoms with E-state index >= 15 is 0 Å². The number of urea groups is 2. The molecule has 2 unspecified atom stereocenters. The molecule has 9 heteroatoms. The molecule has 0 radical (unpaired) electrons. The number of hydrogen-bond donors (Lipinski definition) is 5. The second-order valence-electron chi connectivity index (χ2n) is 5.34. The van der Waals surface area contributed by atoms with Gasteiger partial charge in [-0.25, -0.2) is 14.6 Å². The zero-order valence-electron chi connectivity index (χ0n) is 12.3. The maximum Gasteiger partial charge on any atom is 0.321 e. The van der Waals surface area contributed by atoms with Crippen LogP contribution in [-0.4, -0.2) is 34.1 Å². The summed E-state index contributed by atoms with van der Waals surface area (Å²) < 4.78 is 0. The molecular formula is C13H20N6O3. The van der Waals surface area contributed by atoms with Gasteiger partial charge in [-0.15, -0.1) is 0 Å². The molecule has 22 heavy (non-hydrogen) atoms. The normalized spacial score (nSPS) is 21.0. The Morgan fingerprint density at radius 1 is 1.27 bits per heavy atom. The Balaban J connectivity index is 1.97. The van der Waals surface area contributed by atoms with Crippen molar-refractivity contribution in [3.8, 4) is 0 Å². The van der Waals surface area contributed by atoms with E-state index in [-0.39, 0.29) is 23.6 Å². The molecule has 120 valence electrons. The number of anilines is 1.